The summed E-state index contributed by atoms with van der Waals surface area (Å²) in [7, 11) is 0. The molecule has 19 heavy (non-hydrogen) atoms. The highest BCUT2D eigenvalue weighted by Gasteiger charge is 2.25. The normalized spacial score (nSPS) is 20.4. The van der Waals surface area contributed by atoms with Gasteiger partial charge in [-0.1, -0.05) is 27.7 Å². The molecule has 1 unspecified atom stereocenters. The van der Waals surface area contributed by atoms with Gasteiger partial charge in [0.2, 0.25) is 0 Å². The molecule has 0 bridgehead atoms. The molecule has 1 aromatic heterocycles. The highest BCUT2D eigenvalue weighted by molar-refractivity contribution is 5.41. The highest BCUT2D eigenvalue weighted by Crippen LogP contribution is 2.32. The molecule has 108 valence electrons. The van der Waals surface area contributed by atoms with Crippen LogP contribution >= 0.6 is 0 Å². The van der Waals surface area contributed by atoms with E-state index >= 15 is 0 Å². The predicted octanol–water partition coefficient (Wildman–Crippen LogP) is 3.14. The van der Waals surface area contributed by atoms with Crippen LogP contribution in [-0.4, -0.2) is 22.8 Å². The maximum absolute atomic E-state index is 6.37. The van der Waals surface area contributed by atoms with E-state index in [-0.39, 0.29) is 0 Å². The van der Waals surface area contributed by atoms with Crippen molar-refractivity contribution >= 4 is 5.82 Å². The Hall–Kier alpha value is -1.03. The fraction of sp³-hybridized carbons (Fsp3) is 0.800. The minimum Gasteiger partial charge on any atom is -0.384 e. The summed E-state index contributed by atoms with van der Waals surface area (Å²) in [4.78, 5) is 4.84. The van der Waals surface area contributed by atoms with Crippen LogP contribution in [0.3, 0.4) is 0 Å². The second-order valence-electron chi connectivity index (χ2n) is 6.31. The van der Waals surface area contributed by atoms with E-state index < -0.39 is 0 Å². The van der Waals surface area contributed by atoms with Gasteiger partial charge in [0.25, 0.3) is 0 Å². The van der Waals surface area contributed by atoms with Gasteiger partial charge in [-0.25, -0.2) is 4.98 Å². The molecule has 0 saturated carbocycles. The quantitative estimate of drug-likeness (QED) is 0.910. The average Bonchev–Trinajstić information content (AvgIpc) is 2.68. The summed E-state index contributed by atoms with van der Waals surface area (Å²) < 4.78 is 7.78. The van der Waals surface area contributed by atoms with Crippen LogP contribution in [0.15, 0.2) is 0 Å². The molecule has 0 spiro atoms. The van der Waals surface area contributed by atoms with E-state index in [0.29, 0.717) is 17.8 Å². The van der Waals surface area contributed by atoms with Crippen molar-refractivity contribution < 1.29 is 4.74 Å². The lowest BCUT2D eigenvalue weighted by molar-refractivity contribution is 0.0795. The minimum absolute atomic E-state index is 0.375. The fourth-order valence-electron chi connectivity index (χ4n) is 2.76. The molecule has 1 aromatic rings. The van der Waals surface area contributed by atoms with Crippen LogP contribution in [0.25, 0.3) is 0 Å². The van der Waals surface area contributed by atoms with Gasteiger partial charge in [0, 0.05) is 25.0 Å². The van der Waals surface area contributed by atoms with Crippen molar-refractivity contribution in [1.82, 2.24) is 9.55 Å². The molecular formula is C15H27N3O. The second kappa shape index (κ2) is 5.95. The summed E-state index contributed by atoms with van der Waals surface area (Å²) in [5.74, 6) is 3.32. The standard InChI is InChI=1S/C15H27N3O/c1-10(2)8-18-14(16)13(17-15(18)11(3)4)12-6-5-7-19-9-12/h10-12H,5-9,16H2,1-4H3. The van der Waals surface area contributed by atoms with Crippen LogP contribution in [0, 0.1) is 5.92 Å². The SMILES string of the molecule is CC(C)Cn1c(C(C)C)nc(C2CCCOC2)c1N. The number of rotatable bonds is 4. The van der Waals surface area contributed by atoms with Gasteiger partial charge in [-0.3, -0.25) is 0 Å². The molecular weight excluding hydrogens is 238 g/mol. The van der Waals surface area contributed by atoms with E-state index in [1.807, 2.05) is 0 Å². The van der Waals surface area contributed by atoms with E-state index in [1.165, 1.54) is 0 Å². The third-order valence-electron chi connectivity index (χ3n) is 3.68. The van der Waals surface area contributed by atoms with Gasteiger partial charge in [-0.2, -0.15) is 0 Å². The number of nitrogen functional groups attached to an aromatic ring is 1. The van der Waals surface area contributed by atoms with Gasteiger partial charge >= 0.3 is 0 Å². The van der Waals surface area contributed by atoms with E-state index in [1.54, 1.807) is 0 Å². The van der Waals surface area contributed by atoms with Gasteiger partial charge in [0.15, 0.2) is 0 Å². The second-order valence-corrected chi connectivity index (χ2v) is 6.31. The van der Waals surface area contributed by atoms with Crippen molar-refractivity contribution in [3.63, 3.8) is 0 Å². The maximum Gasteiger partial charge on any atom is 0.127 e. The Morgan fingerprint density at radius 2 is 2.11 bits per heavy atom. The number of ether oxygens (including phenoxy) is 1. The molecule has 4 heteroatoms. The van der Waals surface area contributed by atoms with Gasteiger partial charge in [0.1, 0.15) is 11.6 Å². The molecule has 0 amide bonds. The summed E-state index contributed by atoms with van der Waals surface area (Å²) in [5.41, 5.74) is 7.43. The van der Waals surface area contributed by atoms with E-state index in [0.717, 1.165) is 49.9 Å². The third-order valence-corrected chi connectivity index (χ3v) is 3.68. The van der Waals surface area contributed by atoms with E-state index in [9.17, 15) is 0 Å². The zero-order valence-electron chi connectivity index (χ0n) is 12.6. The van der Waals surface area contributed by atoms with Crippen molar-refractivity contribution in [3.8, 4) is 0 Å². The first-order valence-electron chi connectivity index (χ1n) is 7.44. The number of nitrogens with zero attached hydrogens (tertiary/aromatic N) is 2. The smallest absolute Gasteiger partial charge is 0.127 e. The van der Waals surface area contributed by atoms with Crippen LogP contribution in [0.5, 0.6) is 0 Å². The Bertz CT molecular complexity index is 417. The number of aromatic nitrogens is 2. The summed E-state index contributed by atoms with van der Waals surface area (Å²) in [5, 5.41) is 0. The Morgan fingerprint density at radius 1 is 1.37 bits per heavy atom. The molecule has 0 aliphatic carbocycles. The van der Waals surface area contributed by atoms with Gasteiger partial charge < -0.3 is 15.0 Å². The summed E-state index contributed by atoms with van der Waals surface area (Å²) >= 11 is 0. The van der Waals surface area contributed by atoms with Crippen molar-refractivity contribution in [1.29, 1.82) is 0 Å². The third kappa shape index (κ3) is 3.11. The van der Waals surface area contributed by atoms with Crippen molar-refractivity contribution in [3.05, 3.63) is 11.5 Å². The predicted molar refractivity (Wildman–Crippen MR) is 78.4 cm³/mol. The zero-order valence-corrected chi connectivity index (χ0v) is 12.6. The van der Waals surface area contributed by atoms with Crippen molar-refractivity contribution in [2.75, 3.05) is 18.9 Å². The largest absolute Gasteiger partial charge is 0.384 e. The molecule has 1 atom stereocenters. The van der Waals surface area contributed by atoms with Gasteiger partial charge in [-0.05, 0) is 18.8 Å². The lowest BCUT2D eigenvalue weighted by atomic mass is 9.98. The van der Waals surface area contributed by atoms with Crippen LogP contribution in [-0.2, 0) is 11.3 Å². The van der Waals surface area contributed by atoms with E-state index in [2.05, 4.69) is 32.3 Å². The number of nitrogens with two attached hydrogens (primary N) is 1. The molecule has 1 saturated heterocycles. The zero-order chi connectivity index (χ0) is 14.0. The Kier molecular flexibility index (Phi) is 4.50. The maximum atomic E-state index is 6.37. The first-order valence-corrected chi connectivity index (χ1v) is 7.44. The summed E-state index contributed by atoms with van der Waals surface area (Å²) in [6, 6.07) is 0. The van der Waals surface area contributed by atoms with Crippen molar-refractivity contribution in [2.45, 2.75) is 58.9 Å². The topological polar surface area (TPSA) is 53.1 Å². The van der Waals surface area contributed by atoms with Gasteiger partial charge in [-0.15, -0.1) is 0 Å². The number of imidazole rings is 1. The molecule has 4 nitrogen and oxygen atoms in total. The van der Waals surface area contributed by atoms with Crippen LogP contribution < -0.4 is 5.73 Å². The fourth-order valence-corrected chi connectivity index (χ4v) is 2.76. The van der Waals surface area contributed by atoms with Gasteiger partial charge in [0.05, 0.1) is 12.3 Å². The van der Waals surface area contributed by atoms with Crippen LogP contribution in [0.2, 0.25) is 0 Å². The Balaban J connectivity index is 2.33. The number of anilines is 1. The monoisotopic (exact) mass is 265 g/mol. The molecule has 0 radical (unpaired) electrons. The Morgan fingerprint density at radius 3 is 2.63 bits per heavy atom. The molecule has 1 fully saturated rings. The molecule has 0 aromatic carbocycles. The number of hydrogen-bond acceptors (Lipinski definition) is 3. The van der Waals surface area contributed by atoms with E-state index in [4.69, 9.17) is 15.5 Å². The first kappa shape index (κ1) is 14.4. The summed E-state index contributed by atoms with van der Waals surface area (Å²) in [6.45, 7) is 11.4. The molecule has 2 N–H and O–H groups in total. The lowest BCUT2D eigenvalue weighted by Crippen LogP contribution is -2.17. The molecule has 1 aliphatic rings. The molecule has 2 rings (SSSR count). The van der Waals surface area contributed by atoms with Crippen LogP contribution in [0.1, 0.15) is 63.9 Å². The van der Waals surface area contributed by atoms with Crippen molar-refractivity contribution in [2.24, 2.45) is 5.92 Å². The average molecular weight is 265 g/mol. The first-order chi connectivity index (χ1) is 9.00. The van der Waals surface area contributed by atoms with Crippen LogP contribution in [0.4, 0.5) is 5.82 Å². The number of hydrogen-bond donors (Lipinski definition) is 1. The lowest BCUT2D eigenvalue weighted by Gasteiger charge is -2.21. The minimum atomic E-state index is 0.375. The summed E-state index contributed by atoms with van der Waals surface area (Å²) in [6.07, 6.45) is 2.25. The highest BCUT2D eigenvalue weighted by atomic mass is 16.5. The molecule has 2 heterocycles. The molecule has 1 aliphatic heterocycles. The Labute approximate surface area is 116 Å².